The second kappa shape index (κ2) is 8.51. The molecular weight excluding hydrogens is 476 g/mol. The number of hydrogen-bond acceptors (Lipinski definition) is 5. The van der Waals surface area contributed by atoms with Crippen LogP contribution in [0.15, 0.2) is 29.2 Å². The standard InChI is InChI=1S/C28H35ClN4O3/c1-18-3-4-22(19(2)9-18)31-5-7-32(8-6-31)23-16-30-33(26(36)25(23)29)28-13-20-10-21(14-28)12-27(11-20,17-28)15-24(34)35/h3-4,9,16,20-21H,5-8,10-15,17H2,1-2H3,(H,34,35). The van der Waals surface area contributed by atoms with E-state index in [2.05, 4.69) is 41.8 Å². The van der Waals surface area contributed by atoms with Crippen molar-refractivity contribution < 1.29 is 9.90 Å². The molecule has 8 heteroatoms. The number of aromatic nitrogens is 2. The first-order valence-corrected chi connectivity index (χ1v) is 13.6. The predicted molar refractivity (Wildman–Crippen MR) is 141 cm³/mol. The Labute approximate surface area is 217 Å². The Balaban J connectivity index is 1.24. The summed E-state index contributed by atoms with van der Waals surface area (Å²) in [7, 11) is 0. The molecule has 2 atom stereocenters. The van der Waals surface area contributed by atoms with Crippen LogP contribution in [0.1, 0.15) is 56.1 Å². The maximum absolute atomic E-state index is 13.7. The molecule has 0 radical (unpaired) electrons. The molecule has 2 heterocycles. The van der Waals surface area contributed by atoms with Crippen molar-refractivity contribution in [2.24, 2.45) is 17.3 Å². The lowest BCUT2D eigenvalue weighted by molar-refractivity contribution is -0.151. The van der Waals surface area contributed by atoms with Gasteiger partial charge >= 0.3 is 5.97 Å². The van der Waals surface area contributed by atoms with E-state index >= 15 is 0 Å². The third kappa shape index (κ3) is 3.90. The fraction of sp³-hybridized carbons (Fsp3) is 0.607. The topological polar surface area (TPSA) is 78.7 Å². The number of aliphatic carboxylic acids is 1. The largest absolute Gasteiger partial charge is 0.481 e. The van der Waals surface area contributed by atoms with Crippen LogP contribution in [-0.2, 0) is 10.3 Å². The molecule has 2 aromatic rings. The molecule has 7 rings (SSSR count). The lowest BCUT2D eigenvalue weighted by atomic mass is 9.46. The van der Waals surface area contributed by atoms with Gasteiger partial charge in [0.15, 0.2) is 0 Å². The van der Waals surface area contributed by atoms with Gasteiger partial charge in [-0.1, -0.05) is 29.3 Å². The minimum absolute atomic E-state index is 0.188. The number of rotatable bonds is 5. The molecule has 2 unspecified atom stereocenters. The zero-order valence-corrected chi connectivity index (χ0v) is 21.9. The van der Waals surface area contributed by atoms with Crippen LogP contribution in [-0.4, -0.2) is 47.0 Å². The summed E-state index contributed by atoms with van der Waals surface area (Å²) in [5.74, 6) is 0.202. The molecule has 4 aliphatic carbocycles. The first-order chi connectivity index (χ1) is 17.2. The summed E-state index contributed by atoms with van der Waals surface area (Å²) in [5, 5.41) is 14.6. The highest BCUT2D eigenvalue weighted by molar-refractivity contribution is 6.33. The molecule has 1 aromatic heterocycles. The first kappa shape index (κ1) is 23.8. The second-order valence-electron chi connectivity index (χ2n) is 12.1. The number of hydrogen-bond donors (Lipinski definition) is 1. The second-order valence-corrected chi connectivity index (χ2v) is 12.5. The summed E-state index contributed by atoms with van der Waals surface area (Å²) in [6.07, 6.45) is 7.56. The molecule has 0 spiro atoms. The van der Waals surface area contributed by atoms with E-state index < -0.39 is 11.5 Å². The van der Waals surface area contributed by atoms with Gasteiger partial charge in [-0.3, -0.25) is 9.59 Å². The van der Waals surface area contributed by atoms with Gasteiger partial charge in [0.05, 0.1) is 23.8 Å². The van der Waals surface area contributed by atoms with Crippen LogP contribution in [0, 0.1) is 31.1 Å². The molecule has 5 fully saturated rings. The van der Waals surface area contributed by atoms with Crippen molar-refractivity contribution in [2.75, 3.05) is 36.0 Å². The van der Waals surface area contributed by atoms with E-state index in [0.717, 1.165) is 64.7 Å². The van der Waals surface area contributed by atoms with Gasteiger partial charge in [-0.05, 0) is 81.3 Å². The summed E-state index contributed by atoms with van der Waals surface area (Å²) >= 11 is 6.76. The van der Waals surface area contributed by atoms with Crippen LogP contribution in [0.25, 0.3) is 0 Å². The smallest absolute Gasteiger partial charge is 0.303 e. The number of aryl methyl sites for hydroxylation is 2. The fourth-order valence-corrected chi connectivity index (χ4v) is 8.76. The molecule has 4 saturated carbocycles. The molecule has 5 aliphatic rings. The number of benzene rings is 1. The monoisotopic (exact) mass is 510 g/mol. The summed E-state index contributed by atoms with van der Waals surface area (Å²) in [5.41, 5.74) is 3.68. The SMILES string of the molecule is Cc1ccc(N2CCN(c3cnn(C45CC6CC(CC(CC(=O)O)(C6)C4)C5)c(=O)c3Cl)CC2)c(C)c1. The van der Waals surface area contributed by atoms with Crippen LogP contribution in [0.3, 0.4) is 0 Å². The molecule has 192 valence electrons. The predicted octanol–water partition coefficient (Wildman–Crippen LogP) is 4.61. The van der Waals surface area contributed by atoms with E-state index in [-0.39, 0.29) is 22.4 Å². The Bertz CT molecular complexity index is 1250. The zero-order chi connectivity index (χ0) is 25.2. The number of halogens is 1. The van der Waals surface area contributed by atoms with Crippen LogP contribution >= 0.6 is 11.6 Å². The number of carboxylic acids is 1. The van der Waals surface area contributed by atoms with Crippen LogP contribution in [0.2, 0.25) is 5.02 Å². The highest BCUT2D eigenvalue weighted by atomic mass is 35.5. The number of nitrogens with zero attached hydrogens (tertiary/aromatic N) is 4. The van der Waals surface area contributed by atoms with E-state index in [1.807, 2.05) is 0 Å². The van der Waals surface area contributed by atoms with E-state index in [1.165, 1.54) is 16.8 Å². The Kier molecular flexibility index (Phi) is 5.63. The van der Waals surface area contributed by atoms with Crippen molar-refractivity contribution in [1.82, 2.24) is 9.78 Å². The maximum atomic E-state index is 13.7. The molecule has 1 aromatic carbocycles. The summed E-state index contributed by atoms with van der Waals surface area (Å²) in [6.45, 7) is 7.52. The molecule has 36 heavy (non-hydrogen) atoms. The number of carbonyl (C=O) groups is 1. The van der Waals surface area contributed by atoms with Gasteiger partial charge in [-0.2, -0.15) is 5.10 Å². The number of carboxylic acid groups (broad SMARTS) is 1. The third-order valence-corrected chi connectivity index (χ3v) is 9.70. The Morgan fingerprint density at radius 2 is 1.69 bits per heavy atom. The van der Waals surface area contributed by atoms with E-state index in [1.54, 1.807) is 10.9 Å². The van der Waals surface area contributed by atoms with Gasteiger partial charge in [0.2, 0.25) is 0 Å². The molecule has 4 bridgehead atoms. The Morgan fingerprint density at radius 3 is 2.31 bits per heavy atom. The Morgan fingerprint density at radius 1 is 1.06 bits per heavy atom. The molecule has 1 saturated heterocycles. The minimum Gasteiger partial charge on any atom is -0.481 e. The first-order valence-electron chi connectivity index (χ1n) is 13.2. The Hall–Kier alpha value is -2.54. The normalized spacial score (nSPS) is 31.2. The number of anilines is 2. The fourth-order valence-electron chi connectivity index (χ4n) is 8.51. The third-order valence-electron chi connectivity index (χ3n) is 9.34. The van der Waals surface area contributed by atoms with Crippen LogP contribution in [0.4, 0.5) is 11.4 Å². The maximum Gasteiger partial charge on any atom is 0.303 e. The molecular formula is C28H35ClN4O3. The van der Waals surface area contributed by atoms with E-state index in [9.17, 15) is 14.7 Å². The van der Waals surface area contributed by atoms with Crippen molar-refractivity contribution in [3.63, 3.8) is 0 Å². The van der Waals surface area contributed by atoms with Crippen molar-refractivity contribution in [3.8, 4) is 0 Å². The molecule has 1 N–H and O–H groups in total. The highest BCUT2D eigenvalue weighted by Crippen LogP contribution is 2.65. The van der Waals surface area contributed by atoms with Crippen molar-refractivity contribution in [3.05, 3.63) is 50.9 Å². The van der Waals surface area contributed by atoms with Gasteiger partial charge in [0, 0.05) is 31.9 Å². The van der Waals surface area contributed by atoms with Crippen LogP contribution in [0.5, 0.6) is 0 Å². The lowest BCUT2D eigenvalue weighted by Gasteiger charge is -2.61. The van der Waals surface area contributed by atoms with E-state index in [4.69, 9.17) is 16.7 Å². The minimum atomic E-state index is -0.735. The summed E-state index contributed by atoms with van der Waals surface area (Å²) in [4.78, 5) is 29.9. The molecule has 0 amide bonds. The van der Waals surface area contributed by atoms with Crippen LogP contribution < -0.4 is 15.4 Å². The lowest BCUT2D eigenvalue weighted by Crippen LogP contribution is -2.59. The molecule has 1 aliphatic heterocycles. The quantitative estimate of drug-likeness (QED) is 0.632. The highest BCUT2D eigenvalue weighted by Gasteiger charge is 2.59. The summed E-state index contributed by atoms with van der Waals surface area (Å²) in [6, 6.07) is 6.56. The number of piperazine rings is 1. The van der Waals surface area contributed by atoms with Crippen molar-refractivity contribution >= 4 is 28.9 Å². The van der Waals surface area contributed by atoms with Crippen molar-refractivity contribution in [2.45, 2.75) is 64.3 Å². The average Bonchev–Trinajstić information content (AvgIpc) is 2.79. The average molecular weight is 511 g/mol. The molecule has 7 nitrogen and oxygen atoms in total. The zero-order valence-electron chi connectivity index (χ0n) is 21.2. The summed E-state index contributed by atoms with van der Waals surface area (Å²) < 4.78 is 1.65. The van der Waals surface area contributed by atoms with Gasteiger partial charge in [-0.15, -0.1) is 0 Å². The van der Waals surface area contributed by atoms with Gasteiger partial charge in [0.1, 0.15) is 5.02 Å². The van der Waals surface area contributed by atoms with E-state index in [0.29, 0.717) is 17.5 Å². The van der Waals surface area contributed by atoms with Gasteiger partial charge < -0.3 is 14.9 Å². The van der Waals surface area contributed by atoms with Gasteiger partial charge in [0.25, 0.3) is 5.56 Å². The van der Waals surface area contributed by atoms with Gasteiger partial charge in [-0.25, -0.2) is 4.68 Å². The van der Waals surface area contributed by atoms with Crippen molar-refractivity contribution in [1.29, 1.82) is 0 Å².